The number of nitrogen functional groups attached to an aromatic ring is 1. The zero-order chi connectivity index (χ0) is 17.1. The summed E-state index contributed by atoms with van der Waals surface area (Å²) < 4.78 is 19.0. The number of pyridine rings is 1. The van der Waals surface area contributed by atoms with Crippen LogP contribution in [0.15, 0.2) is 18.5 Å². The molecule has 0 radical (unpaired) electrons. The molecule has 122 valence electrons. The smallest absolute Gasteiger partial charge is 0.254 e. The van der Waals surface area contributed by atoms with Crippen molar-refractivity contribution in [3.05, 3.63) is 41.0 Å². The van der Waals surface area contributed by atoms with Gasteiger partial charge in [-0.15, -0.1) is 0 Å². The summed E-state index contributed by atoms with van der Waals surface area (Å²) in [5.41, 5.74) is 8.49. The number of alkyl halides is 1. The van der Waals surface area contributed by atoms with Crippen molar-refractivity contribution in [1.82, 2.24) is 24.6 Å². The second-order valence-corrected chi connectivity index (χ2v) is 5.01. The number of hydrogen-bond donors (Lipinski definition) is 1. The summed E-state index contributed by atoms with van der Waals surface area (Å²) in [6, 6.07) is 5.26. The molecule has 9 heteroatoms. The van der Waals surface area contributed by atoms with E-state index in [1.807, 2.05) is 13.0 Å². The van der Waals surface area contributed by atoms with Crippen LogP contribution in [-0.2, 0) is 6.42 Å². The van der Waals surface area contributed by atoms with Crippen LogP contribution in [0.2, 0.25) is 0 Å². The molecule has 3 aromatic rings. The van der Waals surface area contributed by atoms with Gasteiger partial charge in [-0.2, -0.15) is 19.9 Å². The van der Waals surface area contributed by atoms with E-state index in [0.29, 0.717) is 29.4 Å². The summed E-state index contributed by atoms with van der Waals surface area (Å²) >= 11 is 0. The van der Waals surface area contributed by atoms with Crippen LogP contribution in [0.3, 0.4) is 0 Å². The van der Waals surface area contributed by atoms with Gasteiger partial charge in [0, 0.05) is 23.4 Å². The van der Waals surface area contributed by atoms with Gasteiger partial charge in [0.2, 0.25) is 5.88 Å². The molecule has 3 heterocycles. The van der Waals surface area contributed by atoms with Crippen LogP contribution < -0.4 is 10.5 Å². The molecule has 0 spiro atoms. The Labute approximate surface area is 136 Å². The maximum atomic E-state index is 12.3. The highest BCUT2D eigenvalue weighted by atomic mass is 19.1. The molecule has 0 amide bonds. The third-order valence-electron chi connectivity index (χ3n) is 3.48. The minimum atomic E-state index is -0.657. The molecule has 0 aromatic carbocycles. The number of halogens is 1. The van der Waals surface area contributed by atoms with E-state index in [2.05, 4.69) is 20.1 Å². The standard InChI is InChI=1S/C15H14FN7O/c1-9-12(13(18)23-15(21-9)19-8-20-23)6-11-3-2-10(7-17)14(22-11)24-5-4-16/h2-3,8H,4-6,18H2,1H3. The van der Waals surface area contributed by atoms with Crippen molar-refractivity contribution in [2.24, 2.45) is 0 Å². The van der Waals surface area contributed by atoms with Gasteiger partial charge in [0.05, 0.1) is 0 Å². The predicted molar refractivity (Wildman–Crippen MR) is 83.2 cm³/mol. The molecule has 0 saturated carbocycles. The summed E-state index contributed by atoms with van der Waals surface area (Å²) in [7, 11) is 0. The van der Waals surface area contributed by atoms with E-state index in [1.165, 1.54) is 10.8 Å². The molecule has 0 bridgehead atoms. The fourth-order valence-electron chi connectivity index (χ4n) is 2.32. The maximum absolute atomic E-state index is 12.3. The summed E-state index contributed by atoms with van der Waals surface area (Å²) in [6.07, 6.45) is 1.75. The highest BCUT2D eigenvalue weighted by Crippen LogP contribution is 2.22. The van der Waals surface area contributed by atoms with Gasteiger partial charge in [-0.05, 0) is 19.1 Å². The van der Waals surface area contributed by atoms with Crippen LogP contribution in [-0.4, -0.2) is 37.8 Å². The van der Waals surface area contributed by atoms with E-state index >= 15 is 0 Å². The Morgan fingerprint density at radius 1 is 1.38 bits per heavy atom. The van der Waals surface area contributed by atoms with Crippen molar-refractivity contribution in [3.63, 3.8) is 0 Å². The summed E-state index contributed by atoms with van der Waals surface area (Å²) in [4.78, 5) is 12.6. The number of fused-ring (bicyclic) bond motifs is 1. The molecule has 0 saturated heterocycles. The molecule has 8 nitrogen and oxygen atoms in total. The van der Waals surface area contributed by atoms with Crippen LogP contribution >= 0.6 is 0 Å². The Morgan fingerprint density at radius 2 is 2.21 bits per heavy atom. The summed E-state index contributed by atoms with van der Waals surface area (Å²) in [6.45, 7) is 1.01. The number of nitrogens with two attached hydrogens (primary N) is 1. The zero-order valence-electron chi connectivity index (χ0n) is 12.9. The highest BCUT2D eigenvalue weighted by Gasteiger charge is 2.14. The van der Waals surface area contributed by atoms with Crippen LogP contribution in [0.1, 0.15) is 22.5 Å². The average Bonchev–Trinajstić information content (AvgIpc) is 3.05. The van der Waals surface area contributed by atoms with Gasteiger partial charge in [0.25, 0.3) is 5.78 Å². The number of ether oxygens (including phenoxy) is 1. The van der Waals surface area contributed by atoms with Crippen molar-refractivity contribution in [3.8, 4) is 11.9 Å². The van der Waals surface area contributed by atoms with E-state index in [-0.39, 0.29) is 18.1 Å². The molecular formula is C15H14FN7O. The largest absolute Gasteiger partial charge is 0.474 e. The monoisotopic (exact) mass is 327 g/mol. The molecule has 0 fully saturated rings. The molecule has 24 heavy (non-hydrogen) atoms. The molecule has 3 rings (SSSR count). The maximum Gasteiger partial charge on any atom is 0.254 e. The number of nitriles is 1. The predicted octanol–water partition coefficient (Wildman–Crippen LogP) is 1.22. The van der Waals surface area contributed by atoms with Gasteiger partial charge in [-0.3, -0.25) is 0 Å². The van der Waals surface area contributed by atoms with Crippen molar-refractivity contribution >= 4 is 11.6 Å². The Morgan fingerprint density at radius 3 is 2.96 bits per heavy atom. The third-order valence-corrected chi connectivity index (χ3v) is 3.48. The fraction of sp³-hybridized carbons (Fsp3) is 0.267. The molecule has 3 aromatic heterocycles. The van der Waals surface area contributed by atoms with Gasteiger partial charge in [0.1, 0.15) is 37.1 Å². The van der Waals surface area contributed by atoms with Crippen LogP contribution in [0.5, 0.6) is 5.88 Å². The molecule has 2 N–H and O–H groups in total. The number of aryl methyl sites for hydroxylation is 1. The average molecular weight is 327 g/mol. The summed E-state index contributed by atoms with van der Waals surface area (Å²) in [5, 5.41) is 13.1. The van der Waals surface area contributed by atoms with Crippen LogP contribution in [0.25, 0.3) is 5.78 Å². The second-order valence-electron chi connectivity index (χ2n) is 5.01. The highest BCUT2D eigenvalue weighted by molar-refractivity contribution is 5.51. The Hall–Kier alpha value is -3.28. The Kier molecular flexibility index (Phi) is 4.20. The summed E-state index contributed by atoms with van der Waals surface area (Å²) in [5.74, 6) is 0.958. The number of rotatable bonds is 5. The number of aromatic nitrogens is 5. The minimum Gasteiger partial charge on any atom is -0.474 e. The quantitative estimate of drug-likeness (QED) is 0.749. The topological polar surface area (TPSA) is 115 Å². The molecule has 0 unspecified atom stereocenters. The van der Waals surface area contributed by atoms with E-state index in [4.69, 9.17) is 15.7 Å². The van der Waals surface area contributed by atoms with Gasteiger partial charge in [-0.1, -0.05) is 0 Å². The van der Waals surface area contributed by atoms with Crippen molar-refractivity contribution < 1.29 is 9.13 Å². The lowest BCUT2D eigenvalue weighted by atomic mass is 10.1. The SMILES string of the molecule is Cc1nc2ncnn2c(N)c1Cc1ccc(C#N)c(OCCF)n1. The first kappa shape index (κ1) is 15.6. The molecule has 0 aliphatic carbocycles. The van der Waals surface area contributed by atoms with Gasteiger partial charge >= 0.3 is 0 Å². The first-order valence-corrected chi connectivity index (χ1v) is 7.17. The van der Waals surface area contributed by atoms with E-state index in [0.717, 1.165) is 5.56 Å². The van der Waals surface area contributed by atoms with E-state index in [1.54, 1.807) is 12.1 Å². The lowest BCUT2D eigenvalue weighted by Gasteiger charge is -2.11. The van der Waals surface area contributed by atoms with Gasteiger partial charge in [-0.25, -0.2) is 14.4 Å². The van der Waals surface area contributed by atoms with Crippen molar-refractivity contribution in [2.45, 2.75) is 13.3 Å². The minimum absolute atomic E-state index is 0.110. The van der Waals surface area contributed by atoms with E-state index < -0.39 is 6.67 Å². The Bertz CT molecular complexity index is 931. The molecule has 0 atom stereocenters. The molecule has 0 aliphatic rings. The van der Waals surface area contributed by atoms with Crippen LogP contribution in [0.4, 0.5) is 10.2 Å². The Balaban J connectivity index is 1.98. The number of hydrogen-bond acceptors (Lipinski definition) is 7. The fourth-order valence-corrected chi connectivity index (χ4v) is 2.32. The van der Waals surface area contributed by atoms with Crippen molar-refractivity contribution in [2.75, 3.05) is 19.0 Å². The lowest BCUT2D eigenvalue weighted by molar-refractivity contribution is 0.263. The lowest BCUT2D eigenvalue weighted by Crippen LogP contribution is -2.10. The van der Waals surface area contributed by atoms with Gasteiger partial charge < -0.3 is 10.5 Å². The van der Waals surface area contributed by atoms with Gasteiger partial charge in [0.15, 0.2) is 0 Å². The van der Waals surface area contributed by atoms with E-state index in [9.17, 15) is 4.39 Å². The number of anilines is 1. The first-order chi connectivity index (χ1) is 11.6. The molecule has 0 aliphatic heterocycles. The second kappa shape index (κ2) is 6.45. The third kappa shape index (κ3) is 2.81. The van der Waals surface area contributed by atoms with Crippen LogP contribution in [0, 0.1) is 18.3 Å². The first-order valence-electron chi connectivity index (χ1n) is 7.17. The molecular weight excluding hydrogens is 313 g/mol. The number of nitrogens with zero attached hydrogens (tertiary/aromatic N) is 6. The van der Waals surface area contributed by atoms with Crippen molar-refractivity contribution in [1.29, 1.82) is 5.26 Å². The normalized spacial score (nSPS) is 10.7. The zero-order valence-corrected chi connectivity index (χ0v) is 12.9.